The largest absolute Gasteiger partial charge is 0.484 e. The molecule has 0 aliphatic carbocycles. The minimum atomic E-state index is -1.23. The maximum Gasteiger partial charge on any atom is 0.311 e. The lowest BCUT2D eigenvalue weighted by Crippen LogP contribution is -2.51. The lowest BCUT2D eigenvalue weighted by molar-refractivity contribution is -0.386. The molecule has 2 unspecified atom stereocenters. The second-order valence-corrected chi connectivity index (χ2v) is 5.09. The van der Waals surface area contributed by atoms with Crippen LogP contribution in [0.15, 0.2) is 18.2 Å². The van der Waals surface area contributed by atoms with Crippen LogP contribution in [0.1, 0.15) is 25.8 Å². The second kappa shape index (κ2) is 5.87. The summed E-state index contributed by atoms with van der Waals surface area (Å²) in [6.45, 7) is 4.90. The molecule has 7 heteroatoms. The lowest BCUT2D eigenvalue weighted by atomic mass is 9.95. The van der Waals surface area contributed by atoms with Gasteiger partial charge in [0, 0.05) is 12.5 Å². The molecule has 0 saturated carbocycles. The van der Waals surface area contributed by atoms with Gasteiger partial charge in [-0.1, -0.05) is 12.1 Å². The van der Waals surface area contributed by atoms with E-state index in [2.05, 4.69) is 0 Å². The van der Waals surface area contributed by atoms with E-state index < -0.39 is 22.5 Å². The molecule has 0 spiro atoms. The number of aryl methyl sites for hydroxylation is 1. The Hall–Kier alpha value is -2.15. The van der Waals surface area contributed by atoms with Gasteiger partial charge in [0.05, 0.1) is 16.6 Å². The Morgan fingerprint density at radius 1 is 1.55 bits per heavy atom. The van der Waals surface area contributed by atoms with Crippen LogP contribution in [0, 0.1) is 17.0 Å². The van der Waals surface area contributed by atoms with Gasteiger partial charge in [0.25, 0.3) is 0 Å². The lowest BCUT2D eigenvalue weighted by Gasteiger charge is -2.25. The molecule has 2 atom stereocenters. The van der Waals surface area contributed by atoms with Crippen LogP contribution in [0.25, 0.3) is 0 Å². The van der Waals surface area contributed by atoms with Crippen molar-refractivity contribution < 1.29 is 14.5 Å². The molecule has 7 nitrogen and oxygen atoms in total. The predicted octanol–water partition coefficient (Wildman–Crippen LogP) is 1.26. The van der Waals surface area contributed by atoms with E-state index in [1.165, 1.54) is 13.0 Å². The Morgan fingerprint density at radius 3 is 2.65 bits per heavy atom. The van der Waals surface area contributed by atoms with Gasteiger partial charge in [-0.2, -0.15) is 0 Å². The molecule has 0 saturated heterocycles. The van der Waals surface area contributed by atoms with E-state index in [9.17, 15) is 14.9 Å². The first-order valence-corrected chi connectivity index (χ1v) is 6.14. The van der Waals surface area contributed by atoms with Crippen molar-refractivity contribution in [3.05, 3.63) is 33.9 Å². The Labute approximate surface area is 117 Å². The molecule has 0 bridgehead atoms. The smallest absolute Gasteiger partial charge is 0.311 e. The topological polar surface area (TPSA) is 121 Å². The summed E-state index contributed by atoms with van der Waals surface area (Å²) in [6.07, 6.45) is -0.328. The van der Waals surface area contributed by atoms with Crippen LogP contribution in [0.5, 0.6) is 5.75 Å². The van der Waals surface area contributed by atoms with Gasteiger partial charge in [-0.15, -0.1) is 0 Å². The normalized spacial score (nSPS) is 15.2. The quantitative estimate of drug-likeness (QED) is 0.600. The number of primary amides is 1. The number of benzene rings is 1. The second-order valence-electron chi connectivity index (χ2n) is 5.09. The molecule has 1 aromatic rings. The molecule has 0 aromatic heterocycles. The first-order valence-electron chi connectivity index (χ1n) is 6.14. The van der Waals surface area contributed by atoms with Crippen LogP contribution in [0.3, 0.4) is 0 Å². The molecule has 0 heterocycles. The monoisotopic (exact) mass is 281 g/mol. The van der Waals surface area contributed by atoms with Crippen molar-refractivity contribution in [2.45, 2.75) is 38.8 Å². The zero-order valence-corrected chi connectivity index (χ0v) is 11.8. The minimum Gasteiger partial charge on any atom is -0.484 e. The van der Waals surface area contributed by atoms with Crippen LogP contribution in [0.2, 0.25) is 0 Å². The molecule has 0 fully saturated rings. The zero-order valence-electron chi connectivity index (χ0n) is 11.8. The van der Waals surface area contributed by atoms with Crippen molar-refractivity contribution in [2.24, 2.45) is 11.5 Å². The summed E-state index contributed by atoms with van der Waals surface area (Å²) in [4.78, 5) is 21.7. The van der Waals surface area contributed by atoms with Crippen LogP contribution in [-0.4, -0.2) is 22.5 Å². The molecule has 0 aliphatic rings. The molecule has 0 radical (unpaired) electrons. The fraction of sp³-hybridized carbons (Fsp3) is 0.462. The number of carbonyl (C=O) groups is 1. The van der Waals surface area contributed by atoms with Gasteiger partial charge in [0.1, 0.15) is 0 Å². The highest BCUT2D eigenvalue weighted by atomic mass is 16.6. The number of ether oxygens (including phenoxy) is 1. The van der Waals surface area contributed by atoms with E-state index in [0.717, 1.165) is 0 Å². The maximum atomic E-state index is 11.2. The van der Waals surface area contributed by atoms with Crippen molar-refractivity contribution in [1.29, 1.82) is 0 Å². The van der Waals surface area contributed by atoms with E-state index in [-0.39, 0.29) is 17.9 Å². The van der Waals surface area contributed by atoms with Crippen LogP contribution >= 0.6 is 0 Å². The number of rotatable bonds is 6. The molecule has 4 N–H and O–H groups in total. The van der Waals surface area contributed by atoms with E-state index in [4.69, 9.17) is 16.2 Å². The number of hydrogen-bond acceptors (Lipinski definition) is 5. The summed E-state index contributed by atoms with van der Waals surface area (Å²) < 4.78 is 5.59. The van der Waals surface area contributed by atoms with Crippen molar-refractivity contribution in [3.63, 3.8) is 0 Å². The number of hydrogen-bond donors (Lipinski definition) is 2. The summed E-state index contributed by atoms with van der Waals surface area (Å²) >= 11 is 0. The summed E-state index contributed by atoms with van der Waals surface area (Å²) in [7, 11) is 0. The Balaban J connectivity index is 2.94. The van der Waals surface area contributed by atoms with Gasteiger partial charge >= 0.3 is 5.69 Å². The maximum absolute atomic E-state index is 11.2. The average Bonchev–Trinajstić information content (AvgIpc) is 2.30. The Morgan fingerprint density at radius 2 is 2.15 bits per heavy atom. The third-order valence-corrected chi connectivity index (χ3v) is 2.98. The van der Waals surface area contributed by atoms with Crippen molar-refractivity contribution in [3.8, 4) is 5.75 Å². The van der Waals surface area contributed by atoms with Gasteiger partial charge in [-0.25, -0.2) is 0 Å². The average molecular weight is 281 g/mol. The summed E-state index contributed by atoms with van der Waals surface area (Å²) in [6, 6.07) is 4.66. The van der Waals surface area contributed by atoms with Gasteiger partial charge in [0.2, 0.25) is 5.91 Å². The van der Waals surface area contributed by atoms with Crippen molar-refractivity contribution >= 4 is 11.6 Å². The minimum absolute atomic E-state index is 0.116. The van der Waals surface area contributed by atoms with Gasteiger partial charge in [0.15, 0.2) is 5.75 Å². The fourth-order valence-electron chi connectivity index (χ4n) is 1.87. The molecule has 110 valence electrons. The number of nitrogens with zero attached hydrogens (tertiary/aromatic N) is 1. The highest BCUT2D eigenvalue weighted by molar-refractivity contribution is 5.83. The third-order valence-electron chi connectivity index (χ3n) is 2.98. The highest BCUT2D eigenvalue weighted by Gasteiger charge is 2.30. The molecule has 20 heavy (non-hydrogen) atoms. The Bertz CT molecular complexity index is 528. The first-order chi connectivity index (χ1) is 9.15. The fourth-order valence-corrected chi connectivity index (χ4v) is 1.87. The third kappa shape index (κ3) is 3.67. The van der Waals surface area contributed by atoms with Crippen molar-refractivity contribution in [1.82, 2.24) is 0 Å². The van der Waals surface area contributed by atoms with Gasteiger partial charge in [-0.3, -0.25) is 14.9 Å². The number of para-hydroxylation sites is 1. The molecule has 1 amide bonds. The molecular formula is C13H19N3O4. The van der Waals surface area contributed by atoms with Gasteiger partial charge < -0.3 is 16.2 Å². The number of carbonyl (C=O) groups excluding carboxylic acids is 1. The number of amides is 1. The standard InChI is InChI=1S/C13H19N3O4/c1-8-5-4-6-10(16(18)19)11(8)20-9(2)7-13(3,15)12(14)17/h4-6,9H,7,15H2,1-3H3,(H2,14,17). The SMILES string of the molecule is Cc1cccc([N+](=O)[O-])c1OC(C)CC(C)(N)C(N)=O. The molecule has 1 aromatic carbocycles. The summed E-state index contributed by atoms with van der Waals surface area (Å²) in [5.41, 5.74) is 10.3. The Kier molecular flexibility index (Phi) is 4.67. The van der Waals surface area contributed by atoms with E-state index in [1.807, 2.05) is 0 Å². The predicted molar refractivity (Wildman–Crippen MR) is 74.3 cm³/mol. The van der Waals surface area contributed by atoms with Crippen LogP contribution < -0.4 is 16.2 Å². The molecule has 1 rings (SSSR count). The van der Waals surface area contributed by atoms with E-state index in [1.54, 1.807) is 26.0 Å². The van der Waals surface area contributed by atoms with Crippen molar-refractivity contribution in [2.75, 3.05) is 0 Å². The molecular weight excluding hydrogens is 262 g/mol. The van der Waals surface area contributed by atoms with Crippen LogP contribution in [0.4, 0.5) is 5.69 Å². The van der Waals surface area contributed by atoms with Crippen LogP contribution in [-0.2, 0) is 4.79 Å². The van der Waals surface area contributed by atoms with E-state index >= 15 is 0 Å². The van der Waals surface area contributed by atoms with E-state index in [0.29, 0.717) is 5.56 Å². The zero-order chi connectivity index (χ0) is 15.5. The number of nitro groups is 1. The number of nitrogens with two attached hydrogens (primary N) is 2. The first kappa shape index (κ1) is 15.9. The summed E-state index contributed by atoms with van der Waals surface area (Å²) in [5.74, 6) is -0.461. The summed E-state index contributed by atoms with van der Waals surface area (Å²) in [5, 5.41) is 11.0. The van der Waals surface area contributed by atoms with Gasteiger partial charge in [-0.05, 0) is 26.3 Å². The molecule has 0 aliphatic heterocycles. The number of nitro benzene ring substituents is 1. The highest BCUT2D eigenvalue weighted by Crippen LogP contribution is 2.31.